The van der Waals surface area contributed by atoms with Gasteiger partial charge in [-0.25, -0.2) is 4.98 Å². The Morgan fingerprint density at radius 1 is 1.17 bits per heavy atom. The number of hydrogen-bond donors (Lipinski definition) is 1. The van der Waals surface area contributed by atoms with Crippen LogP contribution < -0.4 is 14.8 Å². The topological polar surface area (TPSA) is 64.9 Å². The van der Waals surface area contributed by atoms with Crippen molar-refractivity contribution in [3.8, 4) is 22.8 Å². The van der Waals surface area contributed by atoms with E-state index in [1.54, 1.807) is 38.5 Å². The molecule has 0 bridgehead atoms. The van der Waals surface area contributed by atoms with Crippen LogP contribution in [0.3, 0.4) is 0 Å². The second kappa shape index (κ2) is 8.14. The molecule has 148 valence electrons. The van der Waals surface area contributed by atoms with Crippen LogP contribution in [-0.4, -0.2) is 29.5 Å². The number of nitrogens with one attached hydrogen (secondary N) is 1. The maximum Gasteiger partial charge on any atom is 0.230 e. The molecule has 0 radical (unpaired) electrons. The van der Waals surface area contributed by atoms with E-state index < -0.39 is 0 Å². The zero-order valence-corrected chi connectivity index (χ0v) is 17.4. The van der Waals surface area contributed by atoms with Crippen LogP contribution in [0.25, 0.3) is 16.2 Å². The fourth-order valence-corrected chi connectivity index (χ4v) is 4.00. The van der Waals surface area contributed by atoms with Crippen molar-refractivity contribution in [1.29, 1.82) is 0 Å². The molecule has 0 spiro atoms. The average Bonchev–Trinajstić information content (AvgIpc) is 3.31. The first-order valence-corrected chi connectivity index (χ1v) is 10.1. The standard InChI is InChI=1S/C21H18ClN3O3S/c1-27-16-7-8-19(28-2)17(10-16)18-11-25-15(12-29-21(25)24-18)9-20(26)23-14-5-3-13(22)4-6-14/h3-8,10-12H,9H2,1-2H3,(H,23,26). The van der Waals surface area contributed by atoms with E-state index in [2.05, 4.69) is 10.3 Å². The summed E-state index contributed by atoms with van der Waals surface area (Å²) in [7, 11) is 3.24. The number of fused-ring (bicyclic) bond motifs is 1. The first-order chi connectivity index (χ1) is 14.1. The lowest BCUT2D eigenvalue weighted by molar-refractivity contribution is -0.115. The summed E-state index contributed by atoms with van der Waals surface area (Å²) in [5.74, 6) is 1.32. The third-order valence-corrected chi connectivity index (χ3v) is 5.58. The van der Waals surface area contributed by atoms with Gasteiger partial charge in [0.15, 0.2) is 4.96 Å². The van der Waals surface area contributed by atoms with Gasteiger partial charge in [0.1, 0.15) is 11.5 Å². The number of aromatic nitrogens is 2. The van der Waals surface area contributed by atoms with Crippen LogP contribution in [-0.2, 0) is 11.2 Å². The highest BCUT2D eigenvalue weighted by atomic mass is 35.5. The van der Waals surface area contributed by atoms with Gasteiger partial charge in [0.25, 0.3) is 0 Å². The number of methoxy groups -OCH3 is 2. The highest BCUT2D eigenvalue weighted by Crippen LogP contribution is 2.34. The molecule has 1 amide bonds. The predicted molar refractivity (Wildman–Crippen MR) is 115 cm³/mol. The predicted octanol–water partition coefficient (Wildman–Crippen LogP) is 4.91. The summed E-state index contributed by atoms with van der Waals surface area (Å²) in [6.45, 7) is 0. The van der Waals surface area contributed by atoms with Crippen LogP contribution in [0, 0.1) is 0 Å². The maximum atomic E-state index is 12.5. The lowest BCUT2D eigenvalue weighted by atomic mass is 10.1. The first kappa shape index (κ1) is 19.3. The van der Waals surface area contributed by atoms with Gasteiger partial charge in [0, 0.05) is 33.5 Å². The van der Waals surface area contributed by atoms with Crippen LogP contribution in [0.1, 0.15) is 5.69 Å². The van der Waals surface area contributed by atoms with Crippen LogP contribution in [0.15, 0.2) is 54.0 Å². The molecule has 2 aromatic carbocycles. The normalized spacial score (nSPS) is 10.9. The van der Waals surface area contributed by atoms with Crippen LogP contribution in [0.5, 0.6) is 11.5 Å². The SMILES string of the molecule is COc1ccc(OC)c(-c2cn3c(CC(=O)Nc4ccc(Cl)cc4)csc3n2)c1. The Balaban J connectivity index is 1.59. The van der Waals surface area contributed by atoms with Crippen LogP contribution in [0.2, 0.25) is 5.02 Å². The molecule has 0 aliphatic rings. The number of halogens is 1. The number of nitrogens with zero attached hydrogens (tertiary/aromatic N) is 2. The Morgan fingerprint density at radius 2 is 1.97 bits per heavy atom. The lowest BCUT2D eigenvalue weighted by Crippen LogP contribution is -2.15. The summed E-state index contributed by atoms with van der Waals surface area (Å²) in [5.41, 5.74) is 3.15. The minimum Gasteiger partial charge on any atom is -0.497 e. The number of carbonyl (C=O) groups excluding carboxylic acids is 1. The molecule has 0 unspecified atom stereocenters. The third kappa shape index (κ3) is 4.06. The van der Waals surface area contributed by atoms with Gasteiger partial charge in [-0.05, 0) is 42.5 Å². The van der Waals surface area contributed by atoms with E-state index in [0.717, 1.165) is 27.7 Å². The Bertz CT molecular complexity index is 1170. The molecule has 0 atom stereocenters. The smallest absolute Gasteiger partial charge is 0.230 e. The molecule has 29 heavy (non-hydrogen) atoms. The minimum absolute atomic E-state index is 0.110. The maximum absolute atomic E-state index is 12.5. The number of carbonyl (C=O) groups is 1. The van der Waals surface area contributed by atoms with Gasteiger partial charge in [0.2, 0.25) is 5.91 Å². The van der Waals surface area contributed by atoms with E-state index in [0.29, 0.717) is 16.5 Å². The molecule has 8 heteroatoms. The quantitative estimate of drug-likeness (QED) is 0.474. The Labute approximate surface area is 176 Å². The number of anilines is 1. The van der Waals surface area contributed by atoms with E-state index >= 15 is 0 Å². The van der Waals surface area contributed by atoms with Crippen molar-refractivity contribution in [2.75, 3.05) is 19.5 Å². The van der Waals surface area contributed by atoms with Crippen molar-refractivity contribution in [3.05, 3.63) is 64.8 Å². The molecular formula is C21H18ClN3O3S. The summed E-state index contributed by atoms with van der Waals surface area (Å²) < 4.78 is 12.7. The Morgan fingerprint density at radius 3 is 2.69 bits per heavy atom. The van der Waals surface area contributed by atoms with Gasteiger partial charge in [-0.3, -0.25) is 9.20 Å². The molecule has 2 aromatic heterocycles. The van der Waals surface area contributed by atoms with Gasteiger partial charge < -0.3 is 14.8 Å². The van der Waals surface area contributed by atoms with E-state index in [1.807, 2.05) is 34.2 Å². The number of ether oxygens (including phenoxy) is 2. The van der Waals surface area contributed by atoms with Gasteiger partial charge in [-0.2, -0.15) is 0 Å². The van der Waals surface area contributed by atoms with E-state index in [-0.39, 0.29) is 12.3 Å². The second-order valence-corrected chi connectivity index (χ2v) is 7.58. The summed E-state index contributed by atoms with van der Waals surface area (Å²) in [4.78, 5) is 18.0. The molecule has 0 fully saturated rings. The molecule has 0 aliphatic heterocycles. The number of hydrogen-bond acceptors (Lipinski definition) is 5. The third-order valence-electron chi connectivity index (χ3n) is 4.44. The van der Waals surface area contributed by atoms with Crippen molar-refractivity contribution < 1.29 is 14.3 Å². The summed E-state index contributed by atoms with van der Waals surface area (Å²) in [5, 5.41) is 5.45. The number of rotatable bonds is 6. The van der Waals surface area contributed by atoms with Gasteiger partial charge in [-0.15, -0.1) is 11.3 Å². The zero-order valence-electron chi connectivity index (χ0n) is 15.8. The number of benzene rings is 2. The fourth-order valence-electron chi connectivity index (χ4n) is 3.00. The highest BCUT2D eigenvalue weighted by Gasteiger charge is 2.16. The summed E-state index contributed by atoms with van der Waals surface area (Å²) in [6.07, 6.45) is 2.14. The highest BCUT2D eigenvalue weighted by molar-refractivity contribution is 7.15. The Hall–Kier alpha value is -3.03. The van der Waals surface area contributed by atoms with Crippen molar-refractivity contribution in [3.63, 3.8) is 0 Å². The monoisotopic (exact) mass is 427 g/mol. The molecule has 2 heterocycles. The van der Waals surface area contributed by atoms with Crippen molar-refractivity contribution in [2.24, 2.45) is 0 Å². The van der Waals surface area contributed by atoms with E-state index in [1.165, 1.54) is 11.3 Å². The van der Waals surface area contributed by atoms with E-state index in [9.17, 15) is 4.79 Å². The number of amides is 1. The van der Waals surface area contributed by atoms with Gasteiger partial charge >= 0.3 is 0 Å². The summed E-state index contributed by atoms with van der Waals surface area (Å²) in [6, 6.07) is 12.6. The van der Waals surface area contributed by atoms with Gasteiger partial charge in [0.05, 0.1) is 26.3 Å². The lowest BCUT2D eigenvalue weighted by Gasteiger charge is -2.08. The summed E-state index contributed by atoms with van der Waals surface area (Å²) >= 11 is 7.37. The average molecular weight is 428 g/mol. The van der Waals surface area contributed by atoms with Crippen LogP contribution in [0.4, 0.5) is 5.69 Å². The molecule has 0 saturated carbocycles. The fraction of sp³-hybridized carbons (Fsp3) is 0.143. The number of imidazole rings is 1. The molecule has 0 aliphatic carbocycles. The van der Waals surface area contributed by atoms with Gasteiger partial charge in [-0.1, -0.05) is 11.6 Å². The molecule has 0 saturated heterocycles. The first-order valence-electron chi connectivity index (χ1n) is 8.80. The molecule has 4 rings (SSSR count). The second-order valence-electron chi connectivity index (χ2n) is 6.30. The van der Waals surface area contributed by atoms with Crippen molar-refractivity contribution in [1.82, 2.24) is 9.38 Å². The molecule has 4 aromatic rings. The molecule has 6 nitrogen and oxygen atoms in total. The van der Waals surface area contributed by atoms with Crippen molar-refractivity contribution >= 4 is 39.5 Å². The zero-order chi connectivity index (χ0) is 20.4. The Kier molecular flexibility index (Phi) is 5.42. The van der Waals surface area contributed by atoms with E-state index in [4.69, 9.17) is 21.1 Å². The van der Waals surface area contributed by atoms with Crippen molar-refractivity contribution in [2.45, 2.75) is 6.42 Å². The molecule has 1 N–H and O–H groups in total. The minimum atomic E-state index is -0.110. The largest absolute Gasteiger partial charge is 0.497 e. The number of thiazole rings is 1. The molecular weight excluding hydrogens is 410 g/mol. The van der Waals surface area contributed by atoms with Crippen LogP contribution >= 0.6 is 22.9 Å².